The van der Waals surface area contributed by atoms with Gasteiger partial charge in [0.2, 0.25) is 0 Å². The summed E-state index contributed by atoms with van der Waals surface area (Å²) in [5.41, 5.74) is 9.66. The van der Waals surface area contributed by atoms with E-state index in [1.807, 2.05) is 13.8 Å². The molecule has 0 atom stereocenters. The largest absolute Gasteiger partial charge is 0.387 e. The first-order valence-electron chi connectivity index (χ1n) is 5.36. The van der Waals surface area contributed by atoms with E-state index in [4.69, 9.17) is 5.73 Å². The molecule has 1 rings (SSSR count). The summed E-state index contributed by atoms with van der Waals surface area (Å²) in [6.07, 6.45) is 0.751. The Labute approximate surface area is 92.2 Å². The molecule has 0 saturated heterocycles. The topological polar surface area (TPSA) is 38.4 Å². The molecule has 1 aromatic rings. The highest BCUT2D eigenvalue weighted by Crippen LogP contribution is 2.09. The van der Waals surface area contributed by atoms with Crippen LogP contribution in [0.2, 0.25) is 0 Å². The van der Waals surface area contributed by atoms with Crippen molar-refractivity contribution < 1.29 is 0 Å². The van der Waals surface area contributed by atoms with Crippen LogP contribution in [0.4, 0.5) is 0 Å². The molecule has 0 saturated carbocycles. The Morgan fingerprint density at radius 3 is 2.20 bits per heavy atom. The van der Waals surface area contributed by atoms with Gasteiger partial charge < -0.3 is 5.73 Å². The quantitative estimate of drug-likeness (QED) is 0.596. The van der Waals surface area contributed by atoms with Crippen LogP contribution in [0, 0.1) is 13.8 Å². The summed E-state index contributed by atoms with van der Waals surface area (Å²) in [5, 5.41) is 0. The first kappa shape index (κ1) is 11.8. The van der Waals surface area contributed by atoms with Crippen LogP contribution in [0.5, 0.6) is 0 Å². The molecule has 0 amide bonds. The molecular formula is C13H20N2. The molecule has 0 aliphatic carbocycles. The zero-order chi connectivity index (χ0) is 11.4. The minimum atomic E-state index is 0.274. The van der Waals surface area contributed by atoms with Crippen LogP contribution in [-0.2, 0) is 6.42 Å². The van der Waals surface area contributed by atoms with Crippen LogP contribution in [0.1, 0.15) is 30.5 Å². The average molecular weight is 204 g/mol. The van der Waals surface area contributed by atoms with Crippen molar-refractivity contribution in [3.05, 3.63) is 34.9 Å². The average Bonchev–Trinajstić information content (AvgIpc) is 1.98. The first-order valence-corrected chi connectivity index (χ1v) is 5.36. The van der Waals surface area contributed by atoms with Gasteiger partial charge in [-0.15, -0.1) is 0 Å². The molecule has 0 unspecified atom stereocenters. The molecule has 82 valence electrons. The molecular weight excluding hydrogens is 184 g/mol. The van der Waals surface area contributed by atoms with E-state index < -0.39 is 0 Å². The van der Waals surface area contributed by atoms with Gasteiger partial charge in [0.05, 0.1) is 5.84 Å². The first-order chi connectivity index (χ1) is 6.97. The summed E-state index contributed by atoms with van der Waals surface area (Å²) in [5.74, 6) is 0.718. The van der Waals surface area contributed by atoms with Crippen molar-refractivity contribution in [3.63, 3.8) is 0 Å². The molecule has 0 aromatic heterocycles. The van der Waals surface area contributed by atoms with Gasteiger partial charge >= 0.3 is 0 Å². The predicted octanol–water partition coefficient (Wildman–Crippen LogP) is 2.61. The van der Waals surface area contributed by atoms with Gasteiger partial charge in [0.15, 0.2) is 0 Å². The molecule has 0 aliphatic heterocycles. The molecule has 15 heavy (non-hydrogen) atoms. The molecule has 0 heterocycles. The van der Waals surface area contributed by atoms with E-state index in [1.165, 1.54) is 16.7 Å². The highest BCUT2D eigenvalue weighted by atomic mass is 14.9. The number of hydrogen-bond acceptors (Lipinski definition) is 1. The normalized spacial score (nSPS) is 12.2. The van der Waals surface area contributed by atoms with Crippen molar-refractivity contribution in [3.8, 4) is 0 Å². The standard InChI is InChI=1S/C13H20N2/c1-9(2)15-13(14)8-12-6-10(3)5-11(4)7-12/h5-7,9H,8H2,1-4H3,(H2,14,15). The lowest BCUT2D eigenvalue weighted by Gasteiger charge is -2.06. The van der Waals surface area contributed by atoms with Crippen molar-refractivity contribution in [1.82, 2.24) is 0 Å². The lowest BCUT2D eigenvalue weighted by atomic mass is 10.0. The Morgan fingerprint density at radius 2 is 1.73 bits per heavy atom. The molecule has 0 fully saturated rings. The van der Waals surface area contributed by atoms with E-state index >= 15 is 0 Å². The minimum absolute atomic E-state index is 0.274. The fourth-order valence-corrected chi connectivity index (χ4v) is 1.76. The number of rotatable bonds is 3. The molecule has 0 spiro atoms. The van der Waals surface area contributed by atoms with Gasteiger partial charge in [-0.3, -0.25) is 4.99 Å². The van der Waals surface area contributed by atoms with Crippen molar-refractivity contribution in [2.45, 2.75) is 40.2 Å². The van der Waals surface area contributed by atoms with E-state index in [2.05, 4.69) is 37.0 Å². The number of nitrogens with two attached hydrogens (primary N) is 1. The predicted molar refractivity (Wildman–Crippen MR) is 66.4 cm³/mol. The Kier molecular flexibility index (Phi) is 3.89. The van der Waals surface area contributed by atoms with E-state index in [0.717, 1.165) is 12.3 Å². The van der Waals surface area contributed by atoms with Gasteiger partial charge in [0, 0.05) is 12.5 Å². The number of aryl methyl sites for hydroxylation is 2. The maximum absolute atomic E-state index is 5.86. The lowest BCUT2D eigenvalue weighted by Crippen LogP contribution is -2.17. The Balaban J connectivity index is 2.81. The van der Waals surface area contributed by atoms with Crippen LogP contribution in [0.15, 0.2) is 23.2 Å². The van der Waals surface area contributed by atoms with Gasteiger partial charge in [-0.2, -0.15) is 0 Å². The Bertz CT molecular complexity index is 345. The van der Waals surface area contributed by atoms with Crippen LogP contribution >= 0.6 is 0 Å². The summed E-state index contributed by atoms with van der Waals surface area (Å²) < 4.78 is 0. The molecule has 2 nitrogen and oxygen atoms in total. The molecule has 1 aromatic carbocycles. The summed E-state index contributed by atoms with van der Waals surface area (Å²) in [6, 6.07) is 6.76. The number of hydrogen-bond donors (Lipinski definition) is 1. The maximum Gasteiger partial charge on any atom is 0.0984 e. The van der Waals surface area contributed by atoms with E-state index in [1.54, 1.807) is 0 Å². The third-order valence-corrected chi connectivity index (χ3v) is 2.09. The second-order valence-electron chi connectivity index (χ2n) is 4.39. The second kappa shape index (κ2) is 4.96. The SMILES string of the molecule is Cc1cc(C)cc(CC(N)=NC(C)C)c1. The van der Waals surface area contributed by atoms with Crippen molar-refractivity contribution in [2.24, 2.45) is 10.7 Å². The van der Waals surface area contributed by atoms with Crippen LogP contribution in [-0.4, -0.2) is 11.9 Å². The fraction of sp³-hybridized carbons (Fsp3) is 0.462. The van der Waals surface area contributed by atoms with Crippen molar-refractivity contribution >= 4 is 5.84 Å². The summed E-state index contributed by atoms with van der Waals surface area (Å²) in [7, 11) is 0. The van der Waals surface area contributed by atoms with Gasteiger partial charge in [-0.05, 0) is 33.3 Å². The minimum Gasteiger partial charge on any atom is -0.387 e. The van der Waals surface area contributed by atoms with Crippen molar-refractivity contribution in [1.29, 1.82) is 0 Å². The fourth-order valence-electron chi connectivity index (χ4n) is 1.76. The van der Waals surface area contributed by atoms with Gasteiger partial charge in [-0.1, -0.05) is 29.3 Å². The number of amidine groups is 1. The zero-order valence-corrected chi connectivity index (χ0v) is 10.0. The van der Waals surface area contributed by atoms with E-state index in [-0.39, 0.29) is 6.04 Å². The zero-order valence-electron chi connectivity index (χ0n) is 10.0. The highest BCUT2D eigenvalue weighted by Gasteiger charge is 2.00. The van der Waals surface area contributed by atoms with Crippen LogP contribution in [0.25, 0.3) is 0 Å². The summed E-state index contributed by atoms with van der Waals surface area (Å²) in [6.45, 7) is 8.28. The van der Waals surface area contributed by atoms with Crippen LogP contribution < -0.4 is 5.73 Å². The molecule has 0 radical (unpaired) electrons. The highest BCUT2D eigenvalue weighted by molar-refractivity contribution is 5.82. The maximum atomic E-state index is 5.86. The summed E-state index contributed by atoms with van der Waals surface area (Å²) in [4.78, 5) is 4.33. The number of benzene rings is 1. The third kappa shape index (κ3) is 4.15. The van der Waals surface area contributed by atoms with Gasteiger partial charge in [0.1, 0.15) is 0 Å². The molecule has 0 bridgehead atoms. The lowest BCUT2D eigenvalue weighted by molar-refractivity contribution is 0.829. The third-order valence-electron chi connectivity index (χ3n) is 2.09. The van der Waals surface area contributed by atoms with Crippen molar-refractivity contribution in [2.75, 3.05) is 0 Å². The smallest absolute Gasteiger partial charge is 0.0984 e. The molecule has 2 heteroatoms. The Morgan fingerprint density at radius 1 is 1.20 bits per heavy atom. The van der Waals surface area contributed by atoms with Gasteiger partial charge in [0.25, 0.3) is 0 Å². The van der Waals surface area contributed by atoms with Gasteiger partial charge in [-0.25, -0.2) is 0 Å². The molecule has 2 N–H and O–H groups in total. The van der Waals surface area contributed by atoms with E-state index in [9.17, 15) is 0 Å². The second-order valence-corrected chi connectivity index (χ2v) is 4.39. The summed E-state index contributed by atoms with van der Waals surface area (Å²) >= 11 is 0. The Hall–Kier alpha value is -1.31. The number of nitrogens with zero attached hydrogens (tertiary/aromatic N) is 1. The van der Waals surface area contributed by atoms with E-state index in [0.29, 0.717) is 0 Å². The number of aliphatic imine (C=N–C) groups is 1. The molecule has 0 aliphatic rings. The monoisotopic (exact) mass is 204 g/mol. The van der Waals surface area contributed by atoms with Crippen LogP contribution in [0.3, 0.4) is 0 Å².